The molecule has 1 heterocycles. The van der Waals surface area contributed by atoms with Gasteiger partial charge in [-0.15, -0.1) is 0 Å². The standard InChI is InChI=1S/C10H18N2O3/c1-5-7-6-12(9(14)11-7)10(2,3)8(13)15-4/h7H,5-6H2,1-4H3,(H,11,14). The maximum absolute atomic E-state index is 11.6. The summed E-state index contributed by atoms with van der Waals surface area (Å²) < 4.78 is 4.68. The molecule has 0 saturated carbocycles. The summed E-state index contributed by atoms with van der Waals surface area (Å²) in [5.41, 5.74) is -0.900. The first-order valence-corrected chi connectivity index (χ1v) is 5.10. The van der Waals surface area contributed by atoms with Gasteiger partial charge in [0.1, 0.15) is 5.54 Å². The molecule has 0 aliphatic carbocycles. The van der Waals surface area contributed by atoms with Crippen molar-refractivity contribution < 1.29 is 14.3 Å². The number of esters is 1. The van der Waals surface area contributed by atoms with Gasteiger partial charge in [-0.3, -0.25) is 0 Å². The van der Waals surface area contributed by atoms with Crippen LogP contribution >= 0.6 is 0 Å². The minimum absolute atomic E-state index is 0.126. The van der Waals surface area contributed by atoms with Crippen LogP contribution in [-0.4, -0.2) is 42.1 Å². The summed E-state index contributed by atoms with van der Waals surface area (Å²) in [6, 6.07) is -0.0707. The van der Waals surface area contributed by atoms with E-state index in [1.165, 1.54) is 12.0 Å². The summed E-state index contributed by atoms with van der Waals surface area (Å²) in [6.07, 6.45) is 0.861. The zero-order valence-electron chi connectivity index (χ0n) is 9.66. The Kier molecular flexibility index (Phi) is 3.21. The van der Waals surface area contributed by atoms with E-state index in [4.69, 9.17) is 0 Å². The van der Waals surface area contributed by atoms with Crippen LogP contribution in [0.1, 0.15) is 27.2 Å². The molecular weight excluding hydrogens is 196 g/mol. The third kappa shape index (κ3) is 2.06. The van der Waals surface area contributed by atoms with Crippen molar-refractivity contribution in [3.8, 4) is 0 Å². The Morgan fingerprint density at radius 2 is 2.27 bits per heavy atom. The molecule has 2 amide bonds. The summed E-state index contributed by atoms with van der Waals surface area (Å²) in [4.78, 5) is 24.7. The molecule has 1 rings (SSSR count). The average Bonchev–Trinajstić information content (AvgIpc) is 2.58. The first-order chi connectivity index (χ1) is 6.93. The highest BCUT2D eigenvalue weighted by Gasteiger charge is 2.43. The van der Waals surface area contributed by atoms with Crippen LogP contribution in [0.3, 0.4) is 0 Å². The highest BCUT2D eigenvalue weighted by Crippen LogP contribution is 2.21. The average molecular weight is 214 g/mol. The van der Waals surface area contributed by atoms with Crippen molar-refractivity contribution in [3.63, 3.8) is 0 Å². The van der Waals surface area contributed by atoms with Gasteiger partial charge in [-0.05, 0) is 20.3 Å². The van der Waals surface area contributed by atoms with Gasteiger partial charge in [-0.25, -0.2) is 9.59 Å². The normalized spacial score (nSPS) is 21.5. The molecule has 1 aliphatic rings. The lowest BCUT2D eigenvalue weighted by molar-refractivity contribution is -0.151. The van der Waals surface area contributed by atoms with Crippen molar-refractivity contribution >= 4 is 12.0 Å². The number of hydrogen-bond donors (Lipinski definition) is 1. The van der Waals surface area contributed by atoms with Gasteiger partial charge in [-0.1, -0.05) is 6.92 Å². The number of carbonyl (C=O) groups excluding carboxylic acids is 2. The molecule has 0 aromatic heterocycles. The second-order valence-corrected chi connectivity index (χ2v) is 4.22. The third-order valence-electron chi connectivity index (χ3n) is 2.83. The number of carbonyl (C=O) groups is 2. The Morgan fingerprint density at radius 3 is 2.67 bits per heavy atom. The van der Waals surface area contributed by atoms with E-state index >= 15 is 0 Å². The van der Waals surface area contributed by atoms with Crippen LogP contribution in [0.4, 0.5) is 4.79 Å². The lowest BCUT2D eigenvalue weighted by Gasteiger charge is -2.31. The molecule has 86 valence electrons. The van der Waals surface area contributed by atoms with Crippen LogP contribution in [0, 0.1) is 0 Å². The maximum Gasteiger partial charge on any atom is 0.331 e. The molecule has 1 atom stereocenters. The van der Waals surface area contributed by atoms with Crippen molar-refractivity contribution in [2.24, 2.45) is 0 Å². The van der Waals surface area contributed by atoms with Gasteiger partial charge >= 0.3 is 12.0 Å². The first-order valence-electron chi connectivity index (χ1n) is 5.10. The second kappa shape index (κ2) is 4.08. The molecule has 1 saturated heterocycles. The van der Waals surface area contributed by atoms with Gasteiger partial charge < -0.3 is 15.0 Å². The summed E-state index contributed by atoms with van der Waals surface area (Å²) in [5.74, 6) is -0.394. The van der Waals surface area contributed by atoms with Gasteiger partial charge in [-0.2, -0.15) is 0 Å². The minimum atomic E-state index is -0.900. The summed E-state index contributed by atoms with van der Waals surface area (Å²) in [6.45, 7) is 5.93. The minimum Gasteiger partial charge on any atom is -0.467 e. The molecule has 5 nitrogen and oxygen atoms in total. The van der Waals surface area contributed by atoms with Crippen LogP contribution in [-0.2, 0) is 9.53 Å². The fourth-order valence-corrected chi connectivity index (χ4v) is 1.67. The second-order valence-electron chi connectivity index (χ2n) is 4.22. The monoisotopic (exact) mass is 214 g/mol. The topological polar surface area (TPSA) is 58.6 Å². The number of urea groups is 1. The quantitative estimate of drug-likeness (QED) is 0.705. The molecule has 0 aromatic rings. The van der Waals surface area contributed by atoms with Crippen molar-refractivity contribution in [1.82, 2.24) is 10.2 Å². The third-order valence-corrected chi connectivity index (χ3v) is 2.83. The van der Waals surface area contributed by atoms with Gasteiger partial charge in [0.2, 0.25) is 0 Å². The Bertz CT molecular complexity index is 276. The molecule has 1 unspecified atom stereocenters. The molecule has 0 spiro atoms. The number of rotatable bonds is 3. The number of hydrogen-bond acceptors (Lipinski definition) is 3. The fourth-order valence-electron chi connectivity index (χ4n) is 1.67. The lowest BCUT2D eigenvalue weighted by Crippen LogP contribution is -2.52. The van der Waals surface area contributed by atoms with Gasteiger partial charge in [0.15, 0.2) is 0 Å². The highest BCUT2D eigenvalue weighted by atomic mass is 16.5. The Hall–Kier alpha value is -1.26. The van der Waals surface area contributed by atoms with E-state index in [0.29, 0.717) is 6.54 Å². The number of methoxy groups -OCH3 is 1. The van der Waals surface area contributed by atoms with E-state index in [-0.39, 0.29) is 12.1 Å². The van der Waals surface area contributed by atoms with E-state index < -0.39 is 11.5 Å². The summed E-state index contributed by atoms with van der Waals surface area (Å²) in [7, 11) is 1.33. The highest BCUT2D eigenvalue weighted by molar-refractivity contribution is 5.87. The first kappa shape index (κ1) is 11.8. The van der Waals surface area contributed by atoms with E-state index in [0.717, 1.165) is 6.42 Å². The zero-order chi connectivity index (χ0) is 11.6. The maximum atomic E-state index is 11.6. The lowest BCUT2D eigenvalue weighted by atomic mass is 10.0. The molecule has 0 aromatic carbocycles. The molecule has 1 N–H and O–H groups in total. The van der Waals surface area contributed by atoms with E-state index in [9.17, 15) is 9.59 Å². The van der Waals surface area contributed by atoms with Crippen molar-refractivity contribution in [2.45, 2.75) is 38.8 Å². The molecule has 1 fully saturated rings. The predicted molar refractivity (Wildman–Crippen MR) is 55.4 cm³/mol. The zero-order valence-corrected chi connectivity index (χ0v) is 9.66. The molecule has 15 heavy (non-hydrogen) atoms. The number of nitrogens with one attached hydrogen (secondary N) is 1. The fraction of sp³-hybridized carbons (Fsp3) is 0.800. The number of nitrogens with zero attached hydrogens (tertiary/aromatic N) is 1. The smallest absolute Gasteiger partial charge is 0.331 e. The van der Waals surface area contributed by atoms with Crippen LogP contribution in [0.15, 0.2) is 0 Å². The van der Waals surface area contributed by atoms with Crippen molar-refractivity contribution in [1.29, 1.82) is 0 Å². The Morgan fingerprint density at radius 1 is 1.67 bits per heavy atom. The van der Waals surface area contributed by atoms with Gasteiger partial charge in [0, 0.05) is 12.6 Å². The van der Waals surface area contributed by atoms with Crippen LogP contribution < -0.4 is 5.32 Å². The molecule has 1 aliphatic heterocycles. The number of amides is 2. The molecule has 0 bridgehead atoms. The van der Waals surface area contributed by atoms with E-state index in [1.807, 2.05) is 6.92 Å². The summed E-state index contributed by atoms with van der Waals surface area (Å²) >= 11 is 0. The summed E-state index contributed by atoms with van der Waals surface area (Å²) in [5, 5.41) is 2.82. The molecule has 5 heteroatoms. The van der Waals surface area contributed by atoms with E-state index in [1.54, 1.807) is 13.8 Å². The molecule has 0 radical (unpaired) electrons. The van der Waals surface area contributed by atoms with Crippen LogP contribution in [0.2, 0.25) is 0 Å². The van der Waals surface area contributed by atoms with Crippen molar-refractivity contribution in [2.75, 3.05) is 13.7 Å². The largest absolute Gasteiger partial charge is 0.467 e. The van der Waals surface area contributed by atoms with Crippen molar-refractivity contribution in [3.05, 3.63) is 0 Å². The Labute approximate surface area is 89.8 Å². The van der Waals surface area contributed by atoms with Crippen LogP contribution in [0.25, 0.3) is 0 Å². The van der Waals surface area contributed by atoms with E-state index in [2.05, 4.69) is 10.1 Å². The predicted octanol–water partition coefficient (Wildman–Crippen LogP) is 0.742. The number of ether oxygens (including phenoxy) is 1. The molecular formula is C10H18N2O3. The van der Waals surface area contributed by atoms with Gasteiger partial charge in [0.25, 0.3) is 0 Å². The SMILES string of the molecule is CCC1CN(C(C)(C)C(=O)OC)C(=O)N1. The van der Waals surface area contributed by atoms with Gasteiger partial charge in [0.05, 0.1) is 7.11 Å². The van der Waals surface area contributed by atoms with Crippen LogP contribution in [0.5, 0.6) is 0 Å². The Balaban J connectivity index is 2.80.